The number of methoxy groups -OCH3 is 1. The van der Waals surface area contributed by atoms with Gasteiger partial charge in [0.2, 0.25) is 5.95 Å². The predicted molar refractivity (Wildman–Crippen MR) is 105 cm³/mol. The van der Waals surface area contributed by atoms with E-state index in [0.29, 0.717) is 22.5 Å². The zero-order valence-electron chi connectivity index (χ0n) is 15.1. The van der Waals surface area contributed by atoms with Crippen LogP contribution in [0.1, 0.15) is 16.7 Å². The molecule has 3 rings (SSSR count). The summed E-state index contributed by atoms with van der Waals surface area (Å²) in [6.45, 7) is 6.18. The quantitative estimate of drug-likeness (QED) is 0.663. The lowest BCUT2D eigenvalue weighted by atomic mass is 10.1. The van der Waals surface area contributed by atoms with Gasteiger partial charge in [0.25, 0.3) is 0 Å². The molecule has 0 unspecified atom stereocenters. The first-order valence-corrected chi connectivity index (χ1v) is 8.49. The summed E-state index contributed by atoms with van der Waals surface area (Å²) in [5.74, 6) is 1.60. The van der Waals surface area contributed by atoms with Crippen LogP contribution in [0.5, 0.6) is 5.75 Å². The number of aromatic nitrogens is 3. The van der Waals surface area contributed by atoms with E-state index in [1.165, 1.54) is 5.56 Å². The first kappa shape index (κ1) is 17.9. The number of nitrogens with one attached hydrogen (secondary N) is 2. The van der Waals surface area contributed by atoms with Crippen LogP contribution in [-0.4, -0.2) is 22.3 Å². The molecular weight excluding hydrogens is 350 g/mol. The maximum atomic E-state index is 6.16. The fraction of sp³-hybridized carbons (Fsp3) is 0.211. The van der Waals surface area contributed by atoms with Crippen molar-refractivity contribution in [3.63, 3.8) is 0 Å². The number of hydrogen-bond acceptors (Lipinski definition) is 6. The van der Waals surface area contributed by atoms with Crippen molar-refractivity contribution in [3.8, 4) is 5.75 Å². The van der Waals surface area contributed by atoms with Gasteiger partial charge in [-0.15, -0.1) is 5.10 Å². The highest BCUT2D eigenvalue weighted by molar-refractivity contribution is 6.32. The van der Waals surface area contributed by atoms with Crippen molar-refractivity contribution in [2.45, 2.75) is 20.8 Å². The van der Waals surface area contributed by atoms with Gasteiger partial charge in [-0.2, -0.15) is 10.1 Å². The van der Waals surface area contributed by atoms with E-state index in [-0.39, 0.29) is 0 Å². The third kappa shape index (κ3) is 4.03. The molecule has 0 amide bonds. The van der Waals surface area contributed by atoms with E-state index in [9.17, 15) is 0 Å². The van der Waals surface area contributed by atoms with Crippen LogP contribution in [0.4, 0.5) is 23.1 Å². The van der Waals surface area contributed by atoms with Crippen LogP contribution in [0, 0.1) is 20.8 Å². The van der Waals surface area contributed by atoms with Crippen molar-refractivity contribution in [1.29, 1.82) is 0 Å². The first-order valence-electron chi connectivity index (χ1n) is 8.11. The topological polar surface area (TPSA) is 72.0 Å². The van der Waals surface area contributed by atoms with Gasteiger partial charge in [0.1, 0.15) is 5.75 Å². The van der Waals surface area contributed by atoms with Crippen molar-refractivity contribution in [2.24, 2.45) is 0 Å². The number of hydrogen-bond donors (Lipinski definition) is 2. The summed E-state index contributed by atoms with van der Waals surface area (Å²) in [6, 6.07) is 9.64. The maximum Gasteiger partial charge on any atom is 0.249 e. The fourth-order valence-electron chi connectivity index (χ4n) is 2.80. The zero-order chi connectivity index (χ0) is 18.7. The number of anilines is 4. The van der Waals surface area contributed by atoms with Gasteiger partial charge in [-0.05, 0) is 50.1 Å². The predicted octanol–water partition coefficient (Wildman–Crippen LogP) is 4.95. The highest BCUT2D eigenvalue weighted by atomic mass is 35.5. The van der Waals surface area contributed by atoms with Crippen molar-refractivity contribution in [2.75, 3.05) is 17.7 Å². The van der Waals surface area contributed by atoms with E-state index in [2.05, 4.69) is 58.7 Å². The molecule has 134 valence electrons. The highest BCUT2D eigenvalue weighted by Gasteiger charge is 2.08. The average Bonchev–Trinajstić information content (AvgIpc) is 2.59. The van der Waals surface area contributed by atoms with Crippen molar-refractivity contribution in [1.82, 2.24) is 15.2 Å². The van der Waals surface area contributed by atoms with Crippen molar-refractivity contribution in [3.05, 3.63) is 58.2 Å². The maximum absolute atomic E-state index is 6.16. The summed E-state index contributed by atoms with van der Waals surface area (Å²) < 4.78 is 5.16. The van der Waals surface area contributed by atoms with Crippen LogP contribution in [0.2, 0.25) is 5.02 Å². The largest absolute Gasteiger partial charge is 0.495 e. The standard InChI is InChI=1S/C19H20ClN5O/c1-11-7-12(2)18(13(3)8-11)24-19-23-17(10-21-25-19)22-14-5-6-16(26-4)15(20)9-14/h5-10H,1-4H3,(H2,22,23,24,25). The van der Waals surface area contributed by atoms with Gasteiger partial charge in [-0.1, -0.05) is 29.3 Å². The van der Waals surface area contributed by atoms with Crippen molar-refractivity contribution < 1.29 is 4.74 Å². The Hall–Kier alpha value is -2.86. The summed E-state index contributed by atoms with van der Waals surface area (Å²) in [4.78, 5) is 4.47. The molecule has 0 fully saturated rings. The van der Waals surface area contributed by atoms with E-state index in [1.807, 2.05) is 6.07 Å². The SMILES string of the molecule is COc1ccc(Nc2cnnc(Nc3c(C)cc(C)cc3C)n2)cc1Cl. The Kier molecular flexibility index (Phi) is 5.23. The van der Waals surface area contributed by atoms with Crippen LogP contribution < -0.4 is 15.4 Å². The van der Waals surface area contributed by atoms with Crippen LogP contribution in [0.3, 0.4) is 0 Å². The van der Waals surface area contributed by atoms with Gasteiger partial charge in [0.15, 0.2) is 5.82 Å². The summed E-state index contributed by atoms with van der Waals surface area (Å²) >= 11 is 6.16. The lowest BCUT2D eigenvalue weighted by Gasteiger charge is -2.13. The molecule has 0 spiro atoms. The third-order valence-electron chi connectivity index (χ3n) is 3.90. The third-order valence-corrected chi connectivity index (χ3v) is 4.19. The minimum absolute atomic E-state index is 0.421. The molecular formula is C19H20ClN5O. The Bertz CT molecular complexity index is 922. The number of benzene rings is 2. The number of nitrogens with zero attached hydrogens (tertiary/aromatic N) is 3. The van der Waals surface area contributed by atoms with Crippen LogP contribution >= 0.6 is 11.6 Å². The van der Waals surface area contributed by atoms with Gasteiger partial charge in [-0.3, -0.25) is 0 Å². The second kappa shape index (κ2) is 7.58. The molecule has 1 heterocycles. The zero-order valence-corrected chi connectivity index (χ0v) is 15.8. The Morgan fingerprint density at radius 1 is 1.00 bits per heavy atom. The normalized spacial score (nSPS) is 10.5. The average molecular weight is 370 g/mol. The molecule has 2 aromatic carbocycles. The number of halogens is 1. The van der Waals surface area contributed by atoms with Gasteiger partial charge in [0.05, 0.1) is 18.3 Å². The fourth-order valence-corrected chi connectivity index (χ4v) is 3.06. The van der Waals surface area contributed by atoms with Crippen LogP contribution in [0.25, 0.3) is 0 Å². The monoisotopic (exact) mass is 369 g/mol. The van der Waals surface area contributed by atoms with Gasteiger partial charge in [0, 0.05) is 11.4 Å². The summed E-state index contributed by atoms with van der Waals surface area (Å²) in [5, 5.41) is 15.0. The van der Waals surface area contributed by atoms with Crippen LogP contribution in [0.15, 0.2) is 36.5 Å². The molecule has 3 aromatic rings. The molecule has 0 saturated carbocycles. The van der Waals surface area contributed by atoms with E-state index in [0.717, 1.165) is 22.5 Å². The molecule has 0 aliphatic carbocycles. The van der Waals surface area contributed by atoms with Gasteiger partial charge >= 0.3 is 0 Å². The summed E-state index contributed by atoms with van der Waals surface area (Å²) in [6.07, 6.45) is 1.55. The van der Waals surface area contributed by atoms with Gasteiger partial charge < -0.3 is 15.4 Å². The number of aryl methyl sites for hydroxylation is 3. The summed E-state index contributed by atoms with van der Waals surface area (Å²) in [7, 11) is 1.58. The Morgan fingerprint density at radius 3 is 2.38 bits per heavy atom. The first-order chi connectivity index (χ1) is 12.5. The Balaban J connectivity index is 1.82. The lowest BCUT2D eigenvalue weighted by molar-refractivity contribution is 0.415. The number of rotatable bonds is 5. The number of ether oxygens (including phenoxy) is 1. The Morgan fingerprint density at radius 2 is 1.73 bits per heavy atom. The molecule has 0 bridgehead atoms. The van der Waals surface area contributed by atoms with Crippen LogP contribution in [-0.2, 0) is 0 Å². The smallest absolute Gasteiger partial charge is 0.249 e. The molecule has 26 heavy (non-hydrogen) atoms. The molecule has 0 saturated heterocycles. The highest BCUT2D eigenvalue weighted by Crippen LogP contribution is 2.29. The van der Waals surface area contributed by atoms with Crippen molar-refractivity contribution >= 4 is 34.7 Å². The second-order valence-electron chi connectivity index (χ2n) is 6.04. The molecule has 0 aliphatic rings. The molecule has 0 atom stereocenters. The van der Waals surface area contributed by atoms with E-state index in [1.54, 1.807) is 25.4 Å². The second-order valence-corrected chi connectivity index (χ2v) is 6.45. The van der Waals surface area contributed by atoms with Gasteiger partial charge in [-0.25, -0.2) is 0 Å². The molecule has 6 nitrogen and oxygen atoms in total. The van der Waals surface area contributed by atoms with E-state index in [4.69, 9.17) is 16.3 Å². The minimum Gasteiger partial charge on any atom is -0.495 e. The molecule has 0 radical (unpaired) electrons. The molecule has 7 heteroatoms. The molecule has 1 aromatic heterocycles. The molecule has 2 N–H and O–H groups in total. The summed E-state index contributed by atoms with van der Waals surface area (Å²) in [5.41, 5.74) is 5.25. The Labute approximate surface area is 157 Å². The molecule has 0 aliphatic heterocycles. The lowest BCUT2D eigenvalue weighted by Crippen LogP contribution is -2.04. The van der Waals surface area contributed by atoms with E-state index >= 15 is 0 Å². The minimum atomic E-state index is 0.421. The van der Waals surface area contributed by atoms with E-state index < -0.39 is 0 Å².